The van der Waals surface area contributed by atoms with Crippen LogP contribution in [0.15, 0.2) is 17.0 Å². The van der Waals surface area contributed by atoms with Gasteiger partial charge in [-0.3, -0.25) is 0 Å². The van der Waals surface area contributed by atoms with Crippen LogP contribution in [-0.4, -0.2) is 19.2 Å². The van der Waals surface area contributed by atoms with Crippen molar-refractivity contribution in [3.63, 3.8) is 0 Å². The van der Waals surface area contributed by atoms with Gasteiger partial charge in [0.05, 0.1) is 5.91 Å². The van der Waals surface area contributed by atoms with Crippen LogP contribution in [0.2, 0.25) is 0 Å². The third kappa shape index (κ3) is 3.30. The molecule has 2 nitrogen and oxygen atoms in total. The number of hydrogen-bond acceptors (Lipinski definition) is 2. The first-order valence-corrected chi connectivity index (χ1v) is 5.62. The molecule has 0 N–H and O–H groups in total. The normalized spacial score (nSPS) is 9.33. The van der Waals surface area contributed by atoms with Gasteiger partial charge in [-0.05, 0) is 31.2 Å². The average Bonchev–Trinajstić information content (AvgIpc) is 2.18. The first-order valence-electron chi connectivity index (χ1n) is 4.40. The molecular weight excluding hydrogens is 283 g/mol. The van der Waals surface area contributed by atoms with Crippen LogP contribution >= 0.6 is 11.8 Å². The summed E-state index contributed by atoms with van der Waals surface area (Å²) in [5, 5.41) is 3.68. The van der Waals surface area contributed by atoms with Crippen LogP contribution in [0.4, 0.5) is 0 Å². The zero-order valence-corrected chi connectivity index (χ0v) is 13.2. The molecule has 0 heterocycles. The Morgan fingerprint density at radius 2 is 1.93 bits per heavy atom. The minimum atomic E-state index is -0.141. The molecule has 79 valence electrons. The van der Waals surface area contributed by atoms with Gasteiger partial charge in [0, 0.05) is 43.2 Å². The maximum absolute atomic E-state index is 11.4. The molecule has 1 aromatic rings. The minimum Gasteiger partial charge on any atom is -0.652 e. The molecule has 1 rings (SSSR count). The summed E-state index contributed by atoms with van der Waals surface area (Å²) in [6.45, 7) is 4.02. The quantitative estimate of drug-likeness (QED) is 0.785. The number of rotatable bonds is 2. The van der Waals surface area contributed by atoms with Crippen molar-refractivity contribution in [2.45, 2.75) is 18.7 Å². The van der Waals surface area contributed by atoms with Crippen LogP contribution in [0.25, 0.3) is 5.32 Å². The number of carbonyl (C=O) groups excluding carboxylic acids is 1. The Hall–Kier alpha value is 0.144. The molecule has 0 unspecified atom stereocenters. The average molecular weight is 297 g/mol. The third-order valence-electron chi connectivity index (χ3n) is 2.24. The van der Waals surface area contributed by atoms with Crippen molar-refractivity contribution < 1.29 is 37.5 Å². The van der Waals surface area contributed by atoms with Crippen molar-refractivity contribution in [3.05, 3.63) is 34.1 Å². The zero-order chi connectivity index (χ0) is 10.7. The van der Waals surface area contributed by atoms with E-state index in [9.17, 15) is 4.79 Å². The largest absolute Gasteiger partial charge is 0.652 e. The van der Waals surface area contributed by atoms with Gasteiger partial charge in [0.2, 0.25) is 0 Å². The summed E-state index contributed by atoms with van der Waals surface area (Å²) in [7, 11) is 1.53. The fourth-order valence-corrected chi connectivity index (χ4v) is 2.30. The molecule has 0 bridgehead atoms. The molecule has 15 heavy (non-hydrogen) atoms. The van der Waals surface area contributed by atoms with Gasteiger partial charge >= 0.3 is 0 Å². The van der Waals surface area contributed by atoms with E-state index in [0.717, 1.165) is 5.56 Å². The number of benzene rings is 1. The number of aryl methyl sites for hydroxylation is 1. The van der Waals surface area contributed by atoms with E-state index in [0.29, 0.717) is 5.56 Å². The molecule has 1 radical (unpaired) electrons. The molecule has 0 atom stereocenters. The Morgan fingerprint density at radius 1 is 1.33 bits per heavy atom. The molecule has 1 aromatic carbocycles. The summed E-state index contributed by atoms with van der Waals surface area (Å²) < 4.78 is 0. The smallest absolute Gasteiger partial charge is 0.0821 e. The Labute approximate surface area is 120 Å². The summed E-state index contributed by atoms with van der Waals surface area (Å²) in [6, 6.07) is 3.82. The van der Waals surface area contributed by atoms with E-state index < -0.39 is 0 Å². The monoisotopic (exact) mass is 297 g/mol. The first kappa shape index (κ1) is 15.1. The van der Waals surface area contributed by atoms with E-state index >= 15 is 0 Å². The van der Waals surface area contributed by atoms with Crippen molar-refractivity contribution in [2.24, 2.45) is 0 Å². The van der Waals surface area contributed by atoms with Crippen molar-refractivity contribution in [1.29, 1.82) is 0 Å². The van der Waals surface area contributed by atoms with Crippen LogP contribution in [0, 0.1) is 13.8 Å². The van der Waals surface area contributed by atoms with E-state index in [2.05, 4.69) is 12.2 Å². The molecule has 4 heteroatoms. The van der Waals surface area contributed by atoms with Gasteiger partial charge in [-0.25, -0.2) is 0 Å². The van der Waals surface area contributed by atoms with E-state index in [1.807, 2.05) is 25.3 Å². The van der Waals surface area contributed by atoms with E-state index in [4.69, 9.17) is 0 Å². The van der Waals surface area contributed by atoms with E-state index in [1.165, 1.54) is 17.5 Å². The summed E-state index contributed by atoms with van der Waals surface area (Å²) in [4.78, 5) is 12.6. The van der Waals surface area contributed by atoms with E-state index in [1.54, 1.807) is 11.8 Å². The second kappa shape index (κ2) is 6.67. The molecule has 0 fully saturated rings. The fourth-order valence-electron chi connectivity index (χ4n) is 1.49. The Morgan fingerprint density at radius 3 is 2.40 bits per heavy atom. The van der Waals surface area contributed by atoms with Gasteiger partial charge in [-0.2, -0.15) is 0 Å². The minimum absolute atomic E-state index is 0. The molecule has 0 aliphatic heterocycles. The number of carbonyl (C=O) groups is 1. The second-order valence-corrected chi connectivity index (χ2v) is 3.93. The molecule has 0 aromatic heterocycles. The Bertz CT molecular complexity index is 366. The third-order valence-corrected chi connectivity index (χ3v) is 3.28. The second-order valence-electron chi connectivity index (χ2n) is 3.12. The van der Waals surface area contributed by atoms with Crippen molar-refractivity contribution in [1.82, 2.24) is 0 Å². The molecular formula is C11H14NOSY-. The molecule has 0 aliphatic rings. The molecule has 0 saturated carbocycles. The SMILES string of the molecule is C[N-]C(=O)c1ccc(C)c(SC)c1C.[Y]. The van der Waals surface area contributed by atoms with Gasteiger partial charge < -0.3 is 10.1 Å². The van der Waals surface area contributed by atoms with Crippen molar-refractivity contribution >= 4 is 17.7 Å². The van der Waals surface area contributed by atoms with Gasteiger partial charge in [-0.1, -0.05) is 12.1 Å². The first-order chi connectivity index (χ1) is 6.61. The van der Waals surface area contributed by atoms with Gasteiger partial charge in [-0.15, -0.1) is 18.8 Å². The summed E-state index contributed by atoms with van der Waals surface area (Å²) in [5.74, 6) is -0.141. The fraction of sp³-hybridized carbons (Fsp3) is 0.364. The topological polar surface area (TPSA) is 31.2 Å². The Kier molecular flexibility index (Phi) is 6.73. The predicted octanol–water partition coefficient (Wildman–Crippen LogP) is 3.17. The number of nitrogens with zero attached hydrogens (tertiary/aromatic N) is 1. The summed E-state index contributed by atoms with van der Waals surface area (Å²) >= 11 is 1.67. The zero-order valence-electron chi connectivity index (χ0n) is 9.50. The maximum Gasteiger partial charge on any atom is 0.0821 e. The number of thioether (sulfide) groups is 1. The summed E-state index contributed by atoms with van der Waals surface area (Å²) in [5.41, 5.74) is 2.96. The summed E-state index contributed by atoms with van der Waals surface area (Å²) in [6.07, 6.45) is 2.02. The maximum atomic E-state index is 11.4. The van der Waals surface area contributed by atoms with Gasteiger partial charge in [0.25, 0.3) is 0 Å². The van der Waals surface area contributed by atoms with Crippen molar-refractivity contribution in [3.8, 4) is 0 Å². The molecule has 0 saturated heterocycles. The van der Waals surface area contributed by atoms with Gasteiger partial charge in [0.1, 0.15) is 0 Å². The van der Waals surface area contributed by atoms with Crippen LogP contribution in [0.3, 0.4) is 0 Å². The molecule has 1 amide bonds. The Balaban J connectivity index is 0.00000196. The van der Waals surface area contributed by atoms with Crippen LogP contribution < -0.4 is 0 Å². The van der Waals surface area contributed by atoms with Crippen LogP contribution in [-0.2, 0) is 32.7 Å². The van der Waals surface area contributed by atoms with Crippen LogP contribution in [0.1, 0.15) is 21.5 Å². The van der Waals surface area contributed by atoms with Crippen molar-refractivity contribution in [2.75, 3.05) is 13.3 Å². The standard InChI is InChI=1S/C11H15NOS.Y/c1-7-5-6-9(11(13)12-3)8(2)10(7)14-4;/h5-6H,1-4H3,(H,12,13);/p-1. The van der Waals surface area contributed by atoms with E-state index in [-0.39, 0.29) is 38.6 Å². The molecule has 0 aliphatic carbocycles. The van der Waals surface area contributed by atoms with Crippen LogP contribution in [0.5, 0.6) is 0 Å². The molecule has 0 spiro atoms. The number of amides is 1. The predicted molar refractivity (Wildman–Crippen MR) is 61.3 cm³/mol. The van der Waals surface area contributed by atoms with Gasteiger partial charge in [0.15, 0.2) is 0 Å². The number of hydrogen-bond donors (Lipinski definition) is 0.